The van der Waals surface area contributed by atoms with Crippen molar-refractivity contribution in [3.8, 4) is 0 Å². The Labute approximate surface area is 855 Å². The molecular weight excluding hydrogens is 1730 g/mol. The fraction of sp³-hybridized carbons (Fsp3) is 0.884. The molecule has 11 heteroatoms. The van der Waals surface area contributed by atoms with Crippen LogP contribution in [-0.2, 0) is 38.3 Å². The van der Waals surface area contributed by atoms with Crippen LogP contribution < -0.4 is 0 Å². The lowest BCUT2D eigenvalue weighted by atomic mass is 9.43. The quantitative estimate of drug-likeness (QED) is 0.169. The third kappa shape index (κ3) is 17.4. The molecule has 20 saturated carbocycles. The minimum atomic E-state index is -0.428. The number of allylic oxidation sites excluding steroid dienone is 6. The van der Waals surface area contributed by atoms with E-state index in [2.05, 4.69) is 115 Å². The van der Waals surface area contributed by atoms with Gasteiger partial charge in [0.05, 0.1) is 30.5 Å². The molecule has 140 heavy (non-hydrogen) atoms. The van der Waals surface area contributed by atoms with Crippen molar-refractivity contribution in [2.24, 2.45) is 195 Å². The van der Waals surface area contributed by atoms with Crippen LogP contribution in [0.5, 0.6) is 0 Å². The van der Waals surface area contributed by atoms with Gasteiger partial charge in [-0.05, 0) is 490 Å². The number of aliphatic hydroxyl groups excluding tert-OH is 2. The van der Waals surface area contributed by atoms with Crippen molar-refractivity contribution < 1.29 is 53.6 Å². The second-order valence-corrected chi connectivity index (χ2v) is 54.8. The molecule has 25 rings (SSSR count). The maximum absolute atomic E-state index is 12.5. The molecule has 3 N–H and O–H groups in total. The Kier molecular flexibility index (Phi) is 32.8. The van der Waals surface area contributed by atoms with E-state index in [-0.39, 0.29) is 101 Å². The van der Waals surface area contributed by atoms with Gasteiger partial charge < -0.3 is 20.1 Å². The summed E-state index contributed by atoms with van der Waals surface area (Å²) in [7, 11) is 0. The maximum Gasteiger partial charge on any atom is 0.155 e. The molecule has 0 amide bonds. The van der Waals surface area contributed by atoms with Gasteiger partial charge in [0.25, 0.3) is 0 Å². The van der Waals surface area contributed by atoms with Crippen LogP contribution in [-0.4, -0.2) is 86.3 Å². The van der Waals surface area contributed by atoms with E-state index in [0.717, 1.165) is 224 Å². The normalized spacial score (nSPS) is 50.1. The third-order valence-corrected chi connectivity index (χ3v) is 51.4. The Morgan fingerprint density at radius 3 is 1.24 bits per heavy atom. The van der Waals surface area contributed by atoms with Crippen LogP contribution in [0, 0.1) is 195 Å². The van der Waals surface area contributed by atoms with Crippen molar-refractivity contribution in [3.63, 3.8) is 0 Å². The van der Waals surface area contributed by atoms with Crippen LogP contribution in [0.15, 0.2) is 46.6 Å². The van der Waals surface area contributed by atoms with Gasteiger partial charge in [0.15, 0.2) is 5.78 Å². The van der Waals surface area contributed by atoms with E-state index in [9.17, 15) is 48.9 Å². The fourth-order valence-corrected chi connectivity index (χ4v) is 43.5. The monoisotopic (exact) mass is 1940 g/mol. The lowest BCUT2D eigenvalue weighted by molar-refractivity contribution is -0.159. The standard InChI is InChI=1S/C21H32O2.C21H36O2.C21H32O.C21H30O.C20H30O2.C19H26O3.6CH4/c1-3-21-11-10-20(13-23-20)12-14(21)4-5-15-16-6-7-18(22)19(16,2)9-8-17(15)21;1-4-21-12-11-19(2,23)13-14(21)5-6-15-16-7-8-18(22)20(16,3)10-9-17(15)21;2*1-4-21-12-9-14(2)13-15(21)5-6-16-17-7-8-19(22)20(17,3)11-10-18(16)21;1-3-20-11-8-14(21)12-13(20)4-5-15-16-6-7-18(22)19(16,2)10-9-17(15)20;1-18-8-7-16-14(15(18)4-5-17(18)22)3-2-12-10-13(21)6-9-19(12,16)11-20;;;;;;/h14-17H,3-13H2,1-2H3;14-18,22-23H,4-13H2,1-3H3;13-14,16-18H,4-12H2,1-3H3;5,13,16-18H,4,6-12H2,1-3H3;13,15-17H,3-12H2,1-2H3;10,14-16,20H,2-9,11H2,1H3;6*1H4/t14-,15-,16-,17-,19-,20+,21-;14-,15-,16-,17-,18?,19+,20-,21-;14?,16-,17-,18-,20-,21-;16-,17-,18-,20-,21-;13-,15-,16-,17-,19-,20-;14-,15-,16-,18-,19+;;;;;;/m000000....../s1. The third-order valence-electron chi connectivity index (χ3n) is 51.4. The SMILES string of the molecule is C.C.C.C.C.C.CC[C@]12CCC(=O)C[C@@H]1CC[C@@H]1[C@@H]2CC[C@]2(C)C(=O)CC[C@@H]12.CC[C@]12CCC(C)=CC1=CC[C@@H]1[C@@H]2CC[C@]2(C)C(=O)CC[C@@H]12.CC[C@]12CCC(C)C=C1CC[C@@H]1[C@@H]2CC[C@]2(C)C(=O)CC[C@@H]12.CC[C@]12CC[C@@](C)(O)C[C@@H]1CC[C@@H]1[C@@H]2CC[C@]2(C)C(O)CC[C@@H]12.CC[C@]12CC[C@]3(CO3)C[C@@H]1CC[C@@H]1[C@@H]2CC[C@]2(C)C(=O)CC[C@@H]12.C[C@]12CC[C@H]3[C@@H](CCC4=CC(=O)CC[C@@]43CO)[C@@H]1CCC2=O. The number of rotatable bonds is 6. The van der Waals surface area contributed by atoms with Gasteiger partial charge in [-0.3, -0.25) is 33.6 Å². The Morgan fingerprint density at radius 2 is 0.764 bits per heavy atom. The van der Waals surface area contributed by atoms with Crippen LogP contribution in [0.1, 0.15) is 495 Å². The molecule has 24 aliphatic carbocycles. The molecule has 0 radical (unpaired) electrons. The molecule has 1 saturated heterocycles. The van der Waals surface area contributed by atoms with E-state index in [0.29, 0.717) is 121 Å². The second kappa shape index (κ2) is 41.0. The van der Waals surface area contributed by atoms with E-state index < -0.39 is 5.60 Å². The van der Waals surface area contributed by atoms with Gasteiger partial charge >= 0.3 is 0 Å². The zero-order valence-corrected chi connectivity index (χ0v) is 87.0. The summed E-state index contributed by atoms with van der Waals surface area (Å²) in [4.78, 5) is 86.0. The number of epoxide rings is 1. The zero-order chi connectivity index (χ0) is 94.5. The highest BCUT2D eigenvalue weighted by atomic mass is 16.6. The van der Waals surface area contributed by atoms with Gasteiger partial charge in [-0.2, -0.15) is 0 Å². The highest BCUT2D eigenvalue weighted by Gasteiger charge is 2.70. The second-order valence-electron chi connectivity index (χ2n) is 54.8. The molecular formula is C129H210O11. The first-order valence-corrected chi connectivity index (χ1v) is 58.1. The number of hydrogen-bond donors (Lipinski definition) is 3. The minimum Gasteiger partial charge on any atom is -0.395 e. The number of hydrogen-bond acceptors (Lipinski definition) is 11. The first-order valence-electron chi connectivity index (χ1n) is 58.1. The van der Waals surface area contributed by atoms with E-state index in [1.54, 1.807) is 11.1 Å². The fourth-order valence-electron chi connectivity index (χ4n) is 43.5. The summed E-state index contributed by atoms with van der Waals surface area (Å²) < 4.78 is 5.87. The summed E-state index contributed by atoms with van der Waals surface area (Å²) in [5.74, 6) is 19.8. The van der Waals surface area contributed by atoms with E-state index in [1.807, 2.05) is 11.6 Å². The highest BCUT2D eigenvalue weighted by Crippen LogP contribution is 2.75. The molecule has 0 bridgehead atoms. The smallest absolute Gasteiger partial charge is 0.155 e. The van der Waals surface area contributed by atoms with Crippen molar-refractivity contribution in [1.82, 2.24) is 0 Å². The molecule has 25 aliphatic rings. The predicted octanol–water partition coefficient (Wildman–Crippen LogP) is 31.7. The average Bonchev–Trinajstić information content (AvgIpc) is 1.51. The first-order chi connectivity index (χ1) is 63.9. The summed E-state index contributed by atoms with van der Waals surface area (Å²) in [5, 5.41) is 31.4. The Morgan fingerprint density at radius 1 is 0.350 bits per heavy atom. The van der Waals surface area contributed by atoms with Crippen molar-refractivity contribution in [3.05, 3.63) is 46.6 Å². The summed E-state index contributed by atoms with van der Waals surface area (Å²) in [6.07, 6.45) is 73.2. The lowest BCUT2D eigenvalue weighted by Gasteiger charge is -2.62. The Bertz CT molecular complexity index is 4640. The molecule has 0 aromatic heterocycles. The number of ether oxygens (including phenoxy) is 1. The van der Waals surface area contributed by atoms with Gasteiger partial charge in [-0.1, -0.05) is 163 Å². The number of Topliss-reactive ketones (excluding diaryl/α,β-unsaturated/α-hetero) is 6. The van der Waals surface area contributed by atoms with E-state index >= 15 is 0 Å². The highest BCUT2D eigenvalue weighted by molar-refractivity contribution is 5.92. The minimum absolute atomic E-state index is 0. The molecule has 1 spiro atoms. The molecule has 0 aromatic carbocycles. The van der Waals surface area contributed by atoms with Crippen molar-refractivity contribution in [2.45, 2.75) is 512 Å². The van der Waals surface area contributed by atoms with E-state index in [4.69, 9.17) is 4.74 Å². The lowest BCUT2D eigenvalue weighted by Crippen LogP contribution is -2.56. The molecule has 21 fully saturated rings. The van der Waals surface area contributed by atoms with Gasteiger partial charge in [0.1, 0.15) is 34.7 Å². The number of carbonyl (C=O) groups excluding carboxylic acids is 7. The van der Waals surface area contributed by atoms with Gasteiger partial charge in [-0.15, -0.1) is 0 Å². The van der Waals surface area contributed by atoms with Crippen LogP contribution in [0.4, 0.5) is 0 Å². The van der Waals surface area contributed by atoms with Crippen molar-refractivity contribution in [2.75, 3.05) is 13.2 Å². The number of aliphatic hydroxyl groups is 3. The number of fused-ring (bicyclic) bond motifs is 30. The van der Waals surface area contributed by atoms with Gasteiger partial charge in [-0.25, -0.2) is 0 Å². The van der Waals surface area contributed by atoms with Crippen LogP contribution in [0.25, 0.3) is 0 Å². The molecule has 792 valence electrons. The van der Waals surface area contributed by atoms with Crippen molar-refractivity contribution >= 4 is 40.5 Å². The van der Waals surface area contributed by atoms with Crippen molar-refractivity contribution in [1.29, 1.82) is 0 Å². The molecule has 11 nitrogen and oxygen atoms in total. The van der Waals surface area contributed by atoms with Crippen LogP contribution in [0.2, 0.25) is 0 Å². The first kappa shape index (κ1) is 112. The Balaban J connectivity index is 0.000000133. The topological polar surface area (TPSA) is 193 Å². The van der Waals surface area contributed by atoms with Gasteiger partial charge in [0, 0.05) is 83.9 Å². The molecule has 37 atom stereocenters. The van der Waals surface area contributed by atoms with E-state index in [1.165, 1.54) is 217 Å². The maximum atomic E-state index is 12.5. The van der Waals surface area contributed by atoms with Crippen LogP contribution >= 0.6 is 0 Å². The predicted molar refractivity (Wildman–Crippen MR) is 574 cm³/mol. The zero-order valence-electron chi connectivity index (χ0n) is 87.0. The molecule has 2 unspecified atom stereocenters. The molecule has 1 heterocycles. The largest absolute Gasteiger partial charge is 0.395 e. The molecule has 0 aromatic rings. The van der Waals surface area contributed by atoms with Gasteiger partial charge in [0.2, 0.25) is 0 Å². The number of carbonyl (C=O) groups is 7. The summed E-state index contributed by atoms with van der Waals surface area (Å²) >= 11 is 0. The molecule has 1 aliphatic heterocycles. The number of ketones is 7. The Hall–Kier alpha value is -3.51. The summed E-state index contributed by atoms with van der Waals surface area (Å²) in [6.45, 7) is 33.7. The summed E-state index contributed by atoms with van der Waals surface area (Å²) in [5.41, 5.74) is 8.53. The van der Waals surface area contributed by atoms with Crippen LogP contribution in [0.3, 0.4) is 0 Å². The summed E-state index contributed by atoms with van der Waals surface area (Å²) in [6, 6.07) is 0. The average molecular weight is 1940 g/mol.